The van der Waals surface area contributed by atoms with Crippen molar-refractivity contribution < 1.29 is 29.1 Å². The molecule has 34 heavy (non-hydrogen) atoms. The van der Waals surface area contributed by atoms with Crippen LogP contribution in [-0.2, 0) is 14.4 Å². The Hall–Kier alpha value is -3.22. The van der Waals surface area contributed by atoms with E-state index in [2.05, 4.69) is 31.6 Å². The third-order valence-corrected chi connectivity index (χ3v) is 5.38. The fourth-order valence-corrected chi connectivity index (χ4v) is 3.48. The summed E-state index contributed by atoms with van der Waals surface area (Å²) in [5.74, 6) is -1.58. The summed E-state index contributed by atoms with van der Waals surface area (Å²) in [4.78, 5) is 63.3. The average molecular weight is 499 g/mol. The van der Waals surface area contributed by atoms with E-state index in [1.807, 2.05) is 20.8 Å². The molecule has 0 radical (unpaired) electrons. The van der Waals surface area contributed by atoms with E-state index in [1.165, 1.54) is 31.4 Å². The van der Waals surface area contributed by atoms with Crippen molar-refractivity contribution in [1.82, 2.24) is 26.3 Å². The number of amides is 4. The van der Waals surface area contributed by atoms with Crippen molar-refractivity contribution in [2.75, 3.05) is 18.4 Å². The lowest BCUT2D eigenvalue weighted by molar-refractivity contribution is -0.132. The van der Waals surface area contributed by atoms with Crippen LogP contribution in [-0.4, -0.2) is 71.4 Å². The van der Waals surface area contributed by atoms with Gasteiger partial charge in [0.1, 0.15) is 18.1 Å². The van der Waals surface area contributed by atoms with E-state index in [-0.39, 0.29) is 17.7 Å². The van der Waals surface area contributed by atoms with Crippen LogP contribution in [0.15, 0.2) is 6.20 Å². The Morgan fingerprint density at radius 3 is 2.21 bits per heavy atom. The molecule has 0 aromatic carbocycles. The molecule has 1 aromatic heterocycles. The smallest absolute Gasteiger partial charge is 0.405 e. The molecule has 1 aromatic rings. The predicted molar refractivity (Wildman–Crippen MR) is 128 cm³/mol. The zero-order valence-corrected chi connectivity index (χ0v) is 20.9. The van der Waals surface area contributed by atoms with Crippen LogP contribution in [0.4, 0.5) is 9.93 Å². The highest BCUT2D eigenvalue weighted by Gasteiger charge is 2.29. The van der Waals surface area contributed by atoms with Crippen molar-refractivity contribution in [2.45, 2.75) is 65.6 Å². The molecule has 1 heterocycles. The van der Waals surface area contributed by atoms with Crippen molar-refractivity contribution in [1.29, 1.82) is 0 Å². The first kappa shape index (κ1) is 28.8. The minimum Gasteiger partial charge on any atom is -0.465 e. The van der Waals surface area contributed by atoms with Crippen molar-refractivity contribution >= 4 is 46.6 Å². The molecule has 0 bridgehead atoms. The van der Waals surface area contributed by atoms with Crippen LogP contribution in [0.3, 0.4) is 0 Å². The Kier molecular flexibility index (Phi) is 11.4. The molecule has 0 aliphatic rings. The number of anilines is 1. The van der Waals surface area contributed by atoms with E-state index >= 15 is 0 Å². The molecule has 0 aliphatic heterocycles. The summed E-state index contributed by atoms with van der Waals surface area (Å²) in [6, 6.07) is -2.83. The molecule has 12 nitrogen and oxygen atoms in total. The molecule has 0 spiro atoms. The summed E-state index contributed by atoms with van der Waals surface area (Å²) >= 11 is 1.23. The number of rotatable bonds is 13. The number of carbonyl (C=O) groups excluding carboxylic acids is 4. The summed E-state index contributed by atoms with van der Waals surface area (Å²) in [5.41, 5.74) is -0.323. The molecule has 0 aliphatic carbocycles. The Morgan fingerprint density at radius 2 is 1.65 bits per heavy atom. The lowest BCUT2D eigenvalue weighted by atomic mass is 9.87. The molecule has 0 saturated heterocycles. The molecule has 13 heteroatoms. The van der Waals surface area contributed by atoms with Gasteiger partial charge in [0.2, 0.25) is 17.7 Å². The number of aldehydes is 1. The fourth-order valence-electron chi connectivity index (χ4n) is 2.83. The highest BCUT2D eigenvalue weighted by Crippen LogP contribution is 2.21. The third kappa shape index (κ3) is 11.1. The van der Waals surface area contributed by atoms with Crippen LogP contribution in [0.25, 0.3) is 0 Å². The zero-order valence-electron chi connectivity index (χ0n) is 20.1. The Labute approximate surface area is 202 Å². The summed E-state index contributed by atoms with van der Waals surface area (Å²) < 4.78 is 0. The van der Waals surface area contributed by atoms with E-state index in [9.17, 15) is 24.0 Å². The molecular formula is C21H34N6O6S. The minimum atomic E-state index is -1.33. The molecule has 3 atom stereocenters. The summed E-state index contributed by atoms with van der Waals surface area (Å²) in [6.07, 6.45) is 1.71. The van der Waals surface area contributed by atoms with Crippen LogP contribution in [0.5, 0.6) is 0 Å². The molecule has 0 fully saturated rings. The summed E-state index contributed by atoms with van der Waals surface area (Å²) in [6.45, 7) is 9.47. The Bertz CT molecular complexity index is 868. The van der Waals surface area contributed by atoms with Crippen LogP contribution in [0.1, 0.15) is 57.1 Å². The van der Waals surface area contributed by atoms with Gasteiger partial charge in [0.05, 0.1) is 11.1 Å². The van der Waals surface area contributed by atoms with Gasteiger partial charge in [0.25, 0.3) is 0 Å². The largest absolute Gasteiger partial charge is 0.465 e. The van der Waals surface area contributed by atoms with Crippen LogP contribution in [0, 0.1) is 5.41 Å². The number of hydrogen-bond donors (Lipinski definition) is 6. The van der Waals surface area contributed by atoms with Gasteiger partial charge in [0.15, 0.2) is 11.4 Å². The van der Waals surface area contributed by atoms with Crippen molar-refractivity contribution in [3.63, 3.8) is 0 Å². The highest BCUT2D eigenvalue weighted by atomic mass is 32.1. The topological polar surface area (TPSA) is 179 Å². The number of nitrogens with one attached hydrogen (secondary N) is 5. The molecule has 1 rings (SSSR count). The van der Waals surface area contributed by atoms with Crippen molar-refractivity contribution in [2.24, 2.45) is 5.41 Å². The van der Waals surface area contributed by atoms with Crippen LogP contribution < -0.4 is 26.6 Å². The Morgan fingerprint density at radius 1 is 1.03 bits per heavy atom. The number of aromatic nitrogens is 1. The van der Waals surface area contributed by atoms with Crippen LogP contribution in [0.2, 0.25) is 0 Å². The van der Waals surface area contributed by atoms with Gasteiger partial charge in [-0.2, -0.15) is 0 Å². The SMILES string of the molecule is C[C@H](NC(=O)[C@H](C)NC(=O)[C@H](CC(C)(C)C)NC(=O)O)C(=O)NCCCNc1ncc(C=O)s1. The van der Waals surface area contributed by atoms with Gasteiger partial charge in [-0.1, -0.05) is 32.1 Å². The molecular weight excluding hydrogens is 464 g/mol. The number of hydrogen-bond acceptors (Lipinski definition) is 8. The van der Waals surface area contributed by atoms with Crippen molar-refractivity contribution in [3.8, 4) is 0 Å². The first-order valence-corrected chi connectivity index (χ1v) is 11.7. The van der Waals surface area contributed by atoms with E-state index in [0.717, 1.165) is 6.29 Å². The second kappa shape index (κ2) is 13.5. The second-order valence-corrected chi connectivity index (χ2v) is 10.0. The molecule has 4 amide bonds. The second-order valence-electron chi connectivity index (χ2n) is 8.98. The summed E-state index contributed by atoms with van der Waals surface area (Å²) in [7, 11) is 0. The molecule has 0 saturated carbocycles. The van der Waals surface area contributed by atoms with E-state index in [1.54, 1.807) is 0 Å². The van der Waals surface area contributed by atoms with Gasteiger partial charge in [-0.25, -0.2) is 9.78 Å². The number of carboxylic acid groups (broad SMARTS) is 1. The lowest BCUT2D eigenvalue weighted by Crippen LogP contribution is -2.55. The summed E-state index contributed by atoms with van der Waals surface area (Å²) in [5, 5.41) is 22.6. The average Bonchev–Trinajstić information content (AvgIpc) is 3.19. The monoisotopic (exact) mass is 498 g/mol. The lowest BCUT2D eigenvalue weighted by Gasteiger charge is -2.26. The maximum atomic E-state index is 12.5. The number of nitrogens with zero attached hydrogens (tertiary/aromatic N) is 1. The quantitative estimate of drug-likeness (QED) is 0.172. The molecule has 190 valence electrons. The predicted octanol–water partition coefficient (Wildman–Crippen LogP) is 0.956. The molecule has 6 N–H and O–H groups in total. The van der Waals surface area contributed by atoms with Crippen LogP contribution >= 0.6 is 11.3 Å². The number of carbonyl (C=O) groups is 5. The third-order valence-electron chi connectivity index (χ3n) is 4.50. The first-order valence-electron chi connectivity index (χ1n) is 10.8. The normalized spacial score (nSPS) is 13.7. The van der Waals surface area contributed by atoms with Gasteiger partial charge >= 0.3 is 6.09 Å². The van der Waals surface area contributed by atoms with Gasteiger partial charge in [-0.15, -0.1) is 0 Å². The van der Waals surface area contributed by atoms with Gasteiger partial charge in [0, 0.05) is 13.1 Å². The highest BCUT2D eigenvalue weighted by molar-refractivity contribution is 7.17. The van der Waals surface area contributed by atoms with Gasteiger partial charge in [-0.3, -0.25) is 19.2 Å². The minimum absolute atomic E-state index is 0.244. The Balaban J connectivity index is 2.41. The fraction of sp³-hybridized carbons (Fsp3) is 0.619. The standard InChI is InChI=1S/C21H34N6O6S/c1-12(16(29)22-7-6-8-23-19-24-10-14(11-28)34-19)25-17(30)13(2)26-18(31)15(27-20(32)33)9-21(3,4)5/h10-13,15,27H,6-9H2,1-5H3,(H,22,29)(H,23,24)(H,25,30)(H,26,31)(H,32,33)/t12-,13-,15-/m0/s1. The van der Waals surface area contributed by atoms with Crippen molar-refractivity contribution in [3.05, 3.63) is 11.1 Å². The maximum absolute atomic E-state index is 12.5. The van der Waals surface area contributed by atoms with E-state index in [4.69, 9.17) is 5.11 Å². The zero-order chi connectivity index (χ0) is 25.9. The number of thiazole rings is 1. The van der Waals surface area contributed by atoms with E-state index < -0.39 is 36.0 Å². The first-order chi connectivity index (χ1) is 15.8. The van der Waals surface area contributed by atoms with Gasteiger partial charge < -0.3 is 31.7 Å². The van der Waals surface area contributed by atoms with Gasteiger partial charge in [-0.05, 0) is 32.1 Å². The maximum Gasteiger partial charge on any atom is 0.405 e. The van der Waals surface area contributed by atoms with E-state index in [0.29, 0.717) is 29.5 Å². The molecule has 0 unspecified atom stereocenters.